The normalized spacial score (nSPS) is 11.1. The zero-order chi connectivity index (χ0) is 14.4. The quantitative estimate of drug-likeness (QED) is 0.752. The van der Waals surface area contributed by atoms with Gasteiger partial charge in [0.2, 0.25) is 0 Å². The topological polar surface area (TPSA) is 29.5 Å². The first-order chi connectivity index (χ1) is 8.95. The minimum atomic E-state index is -0.445. The van der Waals surface area contributed by atoms with Gasteiger partial charge in [0.1, 0.15) is 5.82 Å². The number of hydrogen-bond donors (Lipinski definition) is 0. The number of benzene rings is 1. The molecule has 0 atom stereocenters. The van der Waals surface area contributed by atoms with Gasteiger partial charge in [-0.2, -0.15) is 0 Å². The van der Waals surface area contributed by atoms with Crippen LogP contribution in [0.3, 0.4) is 0 Å². The smallest absolute Gasteiger partial charge is 0.320 e. The Labute approximate surface area is 118 Å². The van der Waals surface area contributed by atoms with Crippen LogP contribution in [0.1, 0.15) is 26.3 Å². The number of nitrogens with zero attached hydrogens (tertiary/aromatic N) is 1. The summed E-state index contributed by atoms with van der Waals surface area (Å²) in [5.74, 6) is -0.734. The SMILES string of the molecule is CCOC(=O)CN(Cc1cccc(F)c1Cl)C(C)C. The molecule has 0 saturated heterocycles. The van der Waals surface area contributed by atoms with Crippen molar-refractivity contribution in [3.05, 3.63) is 34.6 Å². The van der Waals surface area contributed by atoms with Gasteiger partial charge >= 0.3 is 5.97 Å². The van der Waals surface area contributed by atoms with Gasteiger partial charge in [0, 0.05) is 12.6 Å². The summed E-state index contributed by atoms with van der Waals surface area (Å²) in [6.07, 6.45) is 0. The highest BCUT2D eigenvalue weighted by molar-refractivity contribution is 6.31. The van der Waals surface area contributed by atoms with Crippen LogP contribution in [0.5, 0.6) is 0 Å². The summed E-state index contributed by atoms with van der Waals surface area (Å²) in [4.78, 5) is 13.4. The molecule has 0 radical (unpaired) electrons. The number of carbonyl (C=O) groups excluding carboxylic acids is 1. The highest BCUT2D eigenvalue weighted by Crippen LogP contribution is 2.21. The maximum absolute atomic E-state index is 13.4. The fraction of sp³-hybridized carbons (Fsp3) is 0.500. The lowest BCUT2D eigenvalue weighted by Gasteiger charge is -2.25. The lowest BCUT2D eigenvalue weighted by atomic mass is 10.2. The number of rotatable bonds is 6. The van der Waals surface area contributed by atoms with E-state index in [1.54, 1.807) is 19.1 Å². The molecule has 0 amide bonds. The lowest BCUT2D eigenvalue weighted by molar-refractivity contribution is -0.145. The van der Waals surface area contributed by atoms with Crippen molar-refractivity contribution in [2.75, 3.05) is 13.2 Å². The third-order valence-electron chi connectivity index (χ3n) is 2.77. The summed E-state index contributed by atoms with van der Waals surface area (Å²) >= 11 is 5.92. The highest BCUT2D eigenvalue weighted by atomic mass is 35.5. The molecule has 3 nitrogen and oxygen atoms in total. The van der Waals surface area contributed by atoms with Crippen molar-refractivity contribution < 1.29 is 13.9 Å². The number of halogens is 2. The van der Waals surface area contributed by atoms with Crippen LogP contribution in [0.25, 0.3) is 0 Å². The summed E-state index contributed by atoms with van der Waals surface area (Å²) in [5.41, 5.74) is 0.666. The second-order valence-electron chi connectivity index (χ2n) is 4.52. The molecule has 0 aliphatic heterocycles. The summed E-state index contributed by atoms with van der Waals surface area (Å²) in [6.45, 7) is 6.62. The van der Waals surface area contributed by atoms with Crippen molar-refractivity contribution in [1.82, 2.24) is 4.90 Å². The maximum Gasteiger partial charge on any atom is 0.320 e. The molecule has 0 spiro atoms. The van der Waals surface area contributed by atoms with Crippen LogP contribution in [0.2, 0.25) is 5.02 Å². The first kappa shape index (κ1) is 15.9. The molecule has 0 aliphatic carbocycles. The molecule has 0 N–H and O–H groups in total. The van der Waals surface area contributed by atoms with Crippen molar-refractivity contribution in [3.8, 4) is 0 Å². The summed E-state index contributed by atoms with van der Waals surface area (Å²) < 4.78 is 18.3. The van der Waals surface area contributed by atoms with Crippen LogP contribution in [-0.4, -0.2) is 30.1 Å². The molecule has 1 rings (SSSR count). The molecule has 0 saturated carbocycles. The summed E-state index contributed by atoms with van der Waals surface area (Å²) in [5, 5.41) is 0.108. The molecule has 0 bridgehead atoms. The van der Waals surface area contributed by atoms with Gasteiger partial charge in [-0.05, 0) is 32.4 Å². The van der Waals surface area contributed by atoms with Crippen LogP contribution < -0.4 is 0 Å². The monoisotopic (exact) mass is 287 g/mol. The van der Waals surface area contributed by atoms with Gasteiger partial charge in [-0.15, -0.1) is 0 Å². The van der Waals surface area contributed by atoms with Crippen LogP contribution in [0.4, 0.5) is 4.39 Å². The summed E-state index contributed by atoms with van der Waals surface area (Å²) in [7, 11) is 0. The van der Waals surface area contributed by atoms with E-state index in [1.807, 2.05) is 18.7 Å². The predicted octanol–water partition coefficient (Wildman–Crippen LogP) is 3.25. The molecule has 0 unspecified atom stereocenters. The van der Waals surface area contributed by atoms with E-state index in [4.69, 9.17) is 16.3 Å². The van der Waals surface area contributed by atoms with Crippen LogP contribution >= 0.6 is 11.6 Å². The van der Waals surface area contributed by atoms with Gasteiger partial charge in [0.05, 0.1) is 18.2 Å². The van der Waals surface area contributed by atoms with E-state index in [-0.39, 0.29) is 23.6 Å². The molecule has 0 aliphatic rings. The van der Waals surface area contributed by atoms with E-state index in [1.165, 1.54) is 6.07 Å². The van der Waals surface area contributed by atoms with Gasteiger partial charge in [-0.25, -0.2) is 4.39 Å². The first-order valence-electron chi connectivity index (χ1n) is 6.28. The standard InChI is InChI=1S/C14H19ClFNO2/c1-4-19-13(18)9-17(10(2)3)8-11-6-5-7-12(16)14(11)15/h5-7,10H,4,8-9H2,1-3H3. The van der Waals surface area contributed by atoms with Gasteiger partial charge in [-0.1, -0.05) is 23.7 Å². The van der Waals surface area contributed by atoms with Crippen molar-refractivity contribution in [1.29, 1.82) is 0 Å². The zero-order valence-corrected chi connectivity index (χ0v) is 12.2. The predicted molar refractivity (Wildman–Crippen MR) is 73.6 cm³/mol. The van der Waals surface area contributed by atoms with Gasteiger partial charge in [0.15, 0.2) is 0 Å². The molecule has 0 heterocycles. The molecule has 106 valence electrons. The largest absolute Gasteiger partial charge is 0.465 e. The zero-order valence-electron chi connectivity index (χ0n) is 11.5. The number of ether oxygens (including phenoxy) is 1. The molecule has 19 heavy (non-hydrogen) atoms. The minimum absolute atomic E-state index is 0.108. The first-order valence-corrected chi connectivity index (χ1v) is 6.66. The van der Waals surface area contributed by atoms with Crippen molar-refractivity contribution in [2.24, 2.45) is 0 Å². The van der Waals surface area contributed by atoms with Gasteiger partial charge in [0.25, 0.3) is 0 Å². The number of hydrogen-bond acceptors (Lipinski definition) is 3. The number of carbonyl (C=O) groups is 1. The Morgan fingerprint density at radius 1 is 1.47 bits per heavy atom. The van der Waals surface area contributed by atoms with E-state index in [2.05, 4.69) is 0 Å². The fourth-order valence-corrected chi connectivity index (χ4v) is 1.87. The average molecular weight is 288 g/mol. The second kappa shape index (κ2) is 7.46. The Morgan fingerprint density at radius 2 is 2.16 bits per heavy atom. The number of esters is 1. The van der Waals surface area contributed by atoms with Crippen molar-refractivity contribution in [2.45, 2.75) is 33.4 Å². The van der Waals surface area contributed by atoms with E-state index >= 15 is 0 Å². The lowest BCUT2D eigenvalue weighted by Crippen LogP contribution is -2.36. The minimum Gasteiger partial charge on any atom is -0.465 e. The summed E-state index contributed by atoms with van der Waals surface area (Å²) in [6, 6.07) is 4.81. The third-order valence-corrected chi connectivity index (χ3v) is 3.20. The van der Waals surface area contributed by atoms with E-state index < -0.39 is 5.82 Å². The Bertz CT molecular complexity index is 437. The van der Waals surface area contributed by atoms with Crippen molar-refractivity contribution >= 4 is 17.6 Å². The van der Waals surface area contributed by atoms with Gasteiger partial charge in [-0.3, -0.25) is 9.69 Å². The van der Waals surface area contributed by atoms with Crippen LogP contribution in [0.15, 0.2) is 18.2 Å². The molecule has 1 aromatic carbocycles. The molecule has 1 aromatic rings. The Hall–Kier alpha value is -1.13. The second-order valence-corrected chi connectivity index (χ2v) is 4.89. The molecule has 0 fully saturated rings. The van der Waals surface area contributed by atoms with Crippen LogP contribution in [0, 0.1) is 5.82 Å². The molecule has 5 heteroatoms. The third kappa shape index (κ3) is 4.80. The molecule has 0 aromatic heterocycles. The Morgan fingerprint density at radius 3 is 2.74 bits per heavy atom. The Balaban J connectivity index is 2.78. The van der Waals surface area contributed by atoms with Crippen molar-refractivity contribution in [3.63, 3.8) is 0 Å². The maximum atomic E-state index is 13.4. The molecular weight excluding hydrogens is 269 g/mol. The molecular formula is C14H19ClFNO2. The van der Waals surface area contributed by atoms with E-state index in [9.17, 15) is 9.18 Å². The van der Waals surface area contributed by atoms with E-state index in [0.29, 0.717) is 18.7 Å². The fourth-order valence-electron chi connectivity index (χ4n) is 1.68. The average Bonchev–Trinajstić information content (AvgIpc) is 2.34. The van der Waals surface area contributed by atoms with E-state index in [0.717, 1.165) is 0 Å². The Kier molecular flexibility index (Phi) is 6.25. The highest BCUT2D eigenvalue weighted by Gasteiger charge is 2.17. The van der Waals surface area contributed by atoms with Gasteiger partial charge < -0.3 is 4.74 Å². The van der Waals surface area contributed by atoms with Crippen LogP contribution in [-0.2, 0) is 16.1 Å².